The van der Waals surface area contributed by atoms with Crippen molar-refractivity contribution in [2.24, 2.45) is 0 Å². The number of anilines is 2. The van der Waals surface area contributed by atoms with Crippen molar-refractivity contribution < 1.29 is 0 Å². The van der Waals surface area contributed by atoms with E-state index in [1.54, 1.807) is 13.2 Å². The number of aromatic amines is 1. The van der Waals surface area contributed by atoms with Crippen LogP contribution in [0, 0.1) is 0 Å². The van der Waals surface area contributed by atoms with Crippen molar-refractivity contribution in [1.29, 1.82) is 0 Å². The molecule has 4 N–H and O–H groups in total. The fraction of sp³-hybridized carbons (Fsp3) is 0.167. The second-order valence-corrected chi connectivity index (χ2v) is 2.31. The molecule has 2 rings (SSSR count). The largest absolute Gasteiger partial charge is 0.383 e. The van der Waals surface area contributed by atoms with Gasteiger partial charge in [0.25, 0.3) is 0 Å². The molecule has 6 heteroatoms. The van der Waals surface area contributed by atoms with E-state index in [1.165, 1.54) is 0 Å². The lowest BCUT2D eigenvalue weighted by atomic mass is 10.4. The smallest absolute Gasteiger partial charge is 0.226 e. The van der Waals surface area contributed by atoms with E-state index in [0.717, 1.165) is 5.39 Å². The topological polar surface area (TPSA) is 92.5 Å². The molecular weight excluding hydrogens is 156 g/mol. The molecular formula is C6H8N6. The molecule has 0 radical (unpaired) electrons. The zero-order chi connectivity index (χ0) is 8.55. The highest BCUT2D eigenvalue weighted by Crippen LogP contribution is 2.15. The first-order valence-corrected chi connectivity index (χ1v) is 3.45. The summed E-state index contributed by atoms with van der Waals surface area (Å²) in [5.74, 6) is 0.919. The van der Waals surface area contributed by atoms with Gasteiger partial charge in [-0.15, -0.1) is 0 Å². The zero-order valence-corrected chi connectivity index (χ0v) is 6.50. The van der Waals surface area contributed by atoms with E-state index in [4.69, 9.17) is 5.73 Å². The summed E-state index contributed by atoms with van der Waals surface area (Å²) in [4.78, 5) is 8.08. The average Bonchev–Trinajstić information content (AvgIpc) is 2.52. The summed E-state index contributed by atoms with van der Waals surface area (Å²) in [6.45, 7) is 0. The molecule has 6 nitrogen and oxygen atoms in total. The van der Waals surface area contributed by atoms with E-state index < -0.39 is 0 Å². The van der Waals surface area contributed by atoms with Gasteiger partial charge < -0.3 is 11.1 Å². The Morgan fingerprint density at radius 1 is 1.50 bits per heavy atom. The molecule has 0 fully saturated rings. The maximum atomic E-state index is 5.63. The predicted molar refractivity (Wildman–Crippen MR) is 45.6 cm³/mol. The quantitative estimate of drug-likeness (QED) is 0.550. The SMILES string of the molecule is CNc1nc(N)c2cn[nH]c2n1. The summed E-state index contributed by atoms with van der Waals surface area (Å²) in [7, 11) is 1.73. The second kappa shape index (κ2) is 2.33. The number of nitrogens with two attached hydrogens (primary N) is 1. The normalized spacial score (nSPS) is 10.4. The second-order valence-electron chi connectivity index (χ2n) is 2.31. The highest BCUT2D eigenvalue weighted by atomic mass is 15.2. The molecule has 0 unspecified atom stereocenters. The highest BCUT2D eigenvalue weighted by molar-refractivity contribution is 5.85. The van der Waals surface area contributed by atoms with Gasteiger partial charge in [0.1, 0.15) is 5.82 Å². The van der Waals surface area contributed by atoms with Gasteiger partial charge in [0.15, 0.2) is 5.65 Å². The predicted octanol–water partition coefficient (Wildman–Crippen LogP) is -0.0232. The monoisotopic (exact) mass is 164 g/mol. The third kappa shape index (κ3) is 0.849. The van der Waals surface area contributed by atoms with Crippen LogP contribution in [0.2, 0.25) is 0 Å². The number of H-pyrrole nitrogens is 1. The van der Waals surface area contributed by atoms with Gasteiger partial charge in [0.05, 0.1) is 11.6 Å². The van der Waals surface area contributed by atoms with E-state index in [2.05, 4.69) is 25.5 Å². The molecule has 2 aromatic heterocycles. The summed E-state index contributed by atoms with van der Waals surface area (Å²) >= 11 is 0. The summed E-state index contributed by atoms with van der Waals surface area (Å²) in [6, 6.07) is 0. The molecule has 0 bridgehead atoms. The number of aromatic nitrogens is 4. The number of nitrogens with one attached hydrogen (secondary N) is 2. The Balaban J connectivity index is 2.75. The fourth-order valence-electron chi connectivity index (χ4n) is 0.969. The maximum absolute atomic E-state index is 5.63. The van der Waals surface area contributed by atoms with Crippen LogP contribution in [0.1, 0.15) is 0 Å². The van der Waals surface area contributed by atoms with E-state index in [1.807, 2.05) is 0 Å². The Morgan fingerprint density at radius 2 is 2.33 bits per heavy atom. The molecule has 0 aliphatic rings. The van der Waals surface area contributed by atoms with Crippen LogP contribution in [0.3, 0.4) is 0 Å². The van der Waals surface area contributed by atoms with Gasteiger partial charge >= 0.3 is 0 Å². The molecule has 0 saturated carbocycles. The number of nitrogen functional groups attached to an aromatic ring is 1. The minimum absolute atomic E-state index is 0.429. The Morgan fingerprint density at radius 3 is 3.08 bits per heavy atom. The van der Waals surface area contributed by atoms with Crippen molar-refractivity contribution >= 4 is 22.8 Å². The third-order valence-electron chi connectivity index (χ3n) is 1.56. The summed E-state index contributed by atoms with van der Waals surface area (Å²) in [6.07, 6.45) is 1.60. The van der Waals surface area contributed by atoms with Gasteiger partial charge in [-0.1, -0.05) is 0 Å². The summed E-state index contributed by atoms with van der Waals surface area (Å²) in [5, 5.41) is 10.1. The minimum Gasteiger partial charge on any atom is -0.383 e. The Bertz CT molecular complexity index is 405. The number of hydrogen-bond acceptors (Lipinski definition) is 5. The fourth-order valence-corrected chi connectivity index (χ4v) is 0.969. The van der Waals surface area contributed by atoms with Gasteiger partial charge in [-0.25, -0.2) is 0 Å². The molecule has 0 spiro atoms. The minimum atomic E-state index is 0.429. The lowest BCUT2D eigenvalue weighted by Gasteiger charge is -1.98. The Kier molecular flexibility index (Phi) is 1.33. The van der Waals surface area contributed by atoms with Crippen molar-refractivity contribution in [3.05, 3.63) is 6.20 Å². The molecule has 62 valence electrons. The Hall–Kier alpha value is -1.85. The van der Waals surface area contributed by atoms with Crippen LogP contribution in [0.4, 0.5) is 11.8 Å². The molecule has 12 heavy (non-hydrogen) atoms. The van der Waals surface area contributed by atoms with Gasteiger partial charge in [-0.3, -0.25) is 5.10 Å². The molecule has 0 saturated heterocycles. The number of hydrogen-bond donors (Lipinski definition) is 3. The third-order valence-corrected chi connectivity index (χ3v) is 1.56. The van der Waals surface area contributed by atoms with Crippen LogP contribution >= 0.6 is 0 Å². The van der Waals surface area contributed by atoms with E-state index in [9.17, 15) is 0 Å². The first kappa shape index (κ1) is 6.84. The van der Waals surface area contributed by atoms with Crippen LogP contribution in [-0.4, -0.2) is 27.2 Å². The van der Waals surface area contributed by atoms with Gasteiger partial charge in [0.2, 0.25) is 5.95 Å². The first-order chi connectivity index (χ1) is 5.81. The average molecular weight is 164 g/mol. The van der Waals surface area contributed by atoms with Crippen molar-refractivity contribution in [2.45, 2.75) is 0 Å². The van der Waals surface area contributed by atoms with Crippen molar-refractivity contribution in [3.63, 3.8) is 0 Å². The first-order valence-electron chi connectivity index (χ1n) is 3.45. The Labute approximate surface area is 68.2 Å². The summed E-state index contributed by atoms with van der Waals surface area (Å²) in [5.41, 5.74) is 6.27. The molecule has 2 aromatic rings. The molecule has 0 amide bonds. The van der Waals surface area contributed by atoms with E-state index >= 15 is 0 Å². The van der Waals surface area contributed by atoms with Gasteiger partial charge in [0, 0.05) is 7.05 Å². The van der Waals surface area contributed by atoms with Crippen molar-refractivity contribution in [2.75, 3.05) is 18.1 Å². The van der Waals surface area contributed by atoms with Gasteiger partial charge in [-0.2, -0.15) is 15.1 Å². The van der Waals surface area contributed by atoms with Crippen LogP contribution in [-0.2, 0) is 0 Å². The molecule has 0 aliphatic carbocycles. The van der Waals surface area contributed by atoms with Crippen LogP contribution in [0.15, 0.2) is 6.20 Å². The van der Waals surface area contributed by atoms with E-state index in [-0.39, 0.29) is 0 Å². The molecule has 0 aromatic carbocycles. The van der Waals surface area contributed by atoms with Crippen molar-refractivity contribution in [3.8, 4) is 0 Å². The lowest BCUT2D eigenvalue weighted by molar-refractivity contribution is 1.09. The summed E-state index contributed by atoms with van der Waals surface area (Å²) < 4.78 is 0. The van der Waals surface area contributed by atoms with Crippen LogP contribution in [0.5, 0.6) is 0 Å². The standard InChI is InChI=1S/C6H8N6/c1-8-6-10-4(7)3-2-9-12-5(3)11-6/h2H,1H3,(H4,7,8,9,10,11,12). The molecule has 0 aliphatic heterocycles. The number of nitrogens with zero attached hydrogens (tertiary/aromatic N) is 3. The number of rotatable bonds is 1. The van der Waals surface area contributed by atoms with E-state index in [0.29, 0.717) is 17.4 Å². The number of fused-ring (bicyclic) bond motifs is 1. The molecule has 0 atom stereocenters. The van der Waals surface area contributed by atoms with Crippen molar-refractivity contribution in [1.82, 2.24) is 20.2 Å². The maximum Gasteiger partial charge on any atom is 0.226 e. The van der Waals surface area contributed by atoms with Gasteiger partial charge in [-0.05, 0) is 0 Å². The highest BCUT2D eigenvalue weighted by Gasteiger charge is 2.04. The lowest BCUT2D eigenvalue weighted by Crippen LogP contribution is -2.00. The van der Waals surface area contributed by atoms with Crippen LogP contribution in [0.25, 0.3) is 11.0 Å². The zero-order valence-electron chi connectivity index (χ0n) is 6.50. The molecule has 2 heterocycles. The van der Waals surface area contributed by atoms with Crippen LogP contribution < -0.4 is 11.1 Å².